The molecule has 0 fully saturated rings. The van der Waals surface area contributed by atoms with Crippen molar-refractivity contribution in [3.8, 4) is 11.5 Å². The molecule has 0 aliphatic rings. The molecule has 35 heavy (non-hydrogen) atoms. The number of hydrogen-bond donors (Lipinski definition) is 1. The Kier molecular flexibility index (Phi) is 7.21. The zero-order chi connectivity index (χ0) is 24.8. The van der Waals surface area contributed by atoms with Crippen molar-refractivity contribution in [1.29, 1.82) is 0 Å². The Morgan fingerprint density at radius 2 is 1.66 bits per heavy atom. The van der Waals surface area contributed by atoms with E-state index in [1.807, 2.05) is 81.4 Å². The quantitative estimate of drug-likeness (QED) is 0.169. The number of nitrogens with one attached hydrogen (secondary N) is 1. The number of ether oxygens (including phenoxy) is 2. The number of fused-ring (bicyclic) bond motifs is 1. The first-order valence-corrected chi connectivity index (χ1v) is 11.2. The molecule has 0 saturated carbocycles. The smallest absolute Gasteiger partial charge is 0.343 e. The fourth-order valence-corrected chi connectivity index (χ4v) is 3.50. The van der Waals surface area contributed by atoms with Gasteiger partial charge >= 0.3 is 5.97 Å². The van der Waals surface area contributed by atoms with Crippen molar-refractivity contribution in [3.63, 3.8) is 0 Å². The van der Waals surface area contributed by atoms with Gasteiger partial charge in [-0.25, -0.2) is 10.2 Å². The lowest BCUT2D eigenvalue weighted by Gasteiger charge is -2.11. The number of carbonyl (C=O) groups is 2. The molecule has 0 spiro atoms. The molecule has 176 valence electrons. The van der Waals surface area contributed by atoms with Crippen molar-refractivity contribution in [2.45, 2.75) is 20.8 Å². The van der Waals surface area contributed by atoms with E-state index in [1.54, 1.807) is 18.2 Å². The standard InChI is InChI=1S/C29H26N2O4/c1-19-8-11-23(12-9-19)29(33)35-27-15-13-22-6-4-5-7-25(22)26(27)17-30-31-28(32)18-34-24-14-10-20(2)21(3)16-24/h4-17H,18H2,1-3H3,(H,31,32)/b30-17+. The summed E-state index contributed by atoms with van der Waals surface area (Å²) in [6.45, 7) is 5.78. The molecule has 0 aliphatic carbocycles. The van der Waals surface area contributed by atoms with E-state index < -0.39 is 11.9 Å². The van der Waals surface area contributed by atoms with Gasteiger partial charge in [-0.05, 0) is 73.0 Å². The molecule has 4 aromatic rings. The normalized spacial score (nSPS) is 10.9. The van der Waals surface area contributed by atoms with Crippen LogP contribution in [-0.2, 0) is 4.79 Å². The Hall–Kier alpha value is -4.45. The van der Waals surface area contributed by atoms with Crippen LogP contribution >= 0.6 is 0 Å². The molecule has 1 amide bonds. The Bertz CT molecular complexity index is 1410. The summed E-state index contributed by atoms with van der Waals surface area (Å²) in [5, 5.41) is 5.88. The Morgan fingerprint density at radius 1 is 0.886 bits per heavy atom. The van der Waals surface area contributed by atoms with Crippen LogP contribution in [-0.4, -0.2) is 24.7 Å². The maximum atomic E-state index is 12.7. The Labute approximate surface area is 204 Å². The third-order valence-corrected chi connectivity index (χ3v) is 5.65. The van der Waals surface area contributed by atoms with E-state index in [0.717, 1.165) is 27.5 Å². The van der Waals surface area contributed by atoms with E-state index in [2.05, 4.69) is 10.5 Å². The number of amides is 1. The van der Waals surface area contributed by atoms with Gasteiger partial charge in [0.2, 0.25) is 0 Å². The molecule has 0 bridgehead atoms. The summed E-state index contributed by atoms with van der Waals surface area (Å²) in [5.74, 6) is 0.0870. The summed E-state index contributed by atoms with van der Waals surface area (Å²) in [4.78, 5) is 25.0. The summed E-state index contributed by atoms with van der Waals surface area (Å²) in [7, 11) is 0. The van der Waals surface area contributed by atoms with Crippen LogP contribution in [0.4, 0.5) is 0 Å². The summed E-state index contributed by atoms with van der Waals surface area (Å²) in [6, 6.07) is 24.1. The molecule has 6 heteroatoms. The fraction of sp³-hybridized carbons (Fsp3) is 0.138. The molecule has 6 nitrogen and oxygen atoms in total. The third kappa shape index (κ3) is 5.92. The Balaban J connectivity index is 1.49. The van der Waals surface area contributed by atoms with E-state index in [0.29, 0.717) is 22.6 Å². The molecule has 0 saturated heterocycles. The largest absolute Gasteiger partial charge is 0.484 e. The molecule has 4 rings (SSSR count). The van der Waals surface area contributed by atoms with Crippen LogP contribution in [0.15, 0.2) is 84.0 Å². The number of rotatable bonds is 7. The van der Waals surface area contributed by atoms with Crippen molar-refractivity contribution in [2.24, 2.45) is 5.10 Å². The van der Waals surface area contributed by atoms with Gasteiger partial charge in [0.15, 0.2) is 6.61 Å². The summed E-state index contributed by atoms with van der Waals surface area (Å²) in [5.41, 5.74) is 6.80. The van der Waals surface area contributed by atoms with Gasteiger partial charge < -0.3 is 9.47 Å². The van der Waals surface area contributed by atoms with E-state index in [-0.39, 0.29) is 6.61 Å². The maximum Gasteiger partial charge on any atom is 0.343 e. The number of hydrazone groups is 1. The summed E-state index contributed by atoms with van der Waals surface area (Å²) in [6.07, 6.45) is 1.48. The van der Waals surface area contributed by atoms with Crippen molar-refractivity contribution >= 4 is 28.9 Å². The van der Waals surface area contributed by atoms with E-state index in [4.69, 9.17) is 9.47 Å². The highest BCUT2D eigenvalue weighted by Crippen LogP contribution is 2.27. The van der Waals surface area contributed by atoms with Crippen LogP contribution in [0.25, 0.3) is 10.8 Å². The highest BCUT2D eigenvalue weighted by Gasteiger charge is 2.13. The number of carbonyl (C=O) groups excluding carboxylic acids is 2. The van der Waals surface area contributed by atoms with E-state index >= 15 is 0 Å². The van der Waals surface area contributed by atoms with Gasteiger partial charge in [-0.2, -0.15) is 5.10 Å². The molecule has 0 heterocycles. The minimum absolute atomic E-state index is 0.176. The van der Waals surface area contributed by atoms with Crippen LogP contribution in [0.1, 0.15) is 32.6 Å². The number of esters is 1. The molecule has 0 aliphatic heterocycles. The number of hydrogen-bond acceptors (Lipinski definition) is 5. The predicted octanol–water partition coefficient (Wildman–Crippen LogP) is 5.51. The molecule has 0 atom stereocenters. The lowest BCUT2D eigenvalue weighted by atomic mass is 10.0. The maximum absolute atomic E-state index is 12.7. The number of aryl methyl sites for hydroxylation is 3. The highest BCUT2D eigenvalue weighted by atomic mass is 16.5. The number of benzene rings is 4. The molecular weight excluding hydrogens is 440 g/mol. The van der Waals surface area contributed by atoms with E-state index in [1.165, 1.54) is 6.21 Å². The van der Waals surface area contributed by atoms with Crippen molar-refractivity contribution in [1.82, 2.24) is 5.43 Å². The molecule has 0 aromatic heterocycles. The first-order valence-electron chi connectivity index (χ1n) is 11.2. The summed E-state index contributed by atoms with van der Waals surface area (Å²) < 4.78 is 11.3. The SMILES string of the molecule is Cc1ccc(C(=O)Oc2ccc3ccccc3c2/C=N/NC(=O)COc2ccc(C)c(C)c2)cc1. The van der Waals surface area contributed by atoms with Gasteiger partial charge in [-0.15, -0.1) is 0 Å². The minimum Gasteiger partial charge on any atom is -0.484 e. The van der Waals surface area contributed by atoms with Crippen molar-refractivity contribution in [3.05, 3.63) is 107 Å². The van der Waals surface area contributed by atoms with Crippen LogP contribution in [0, 0.1) is 20.8 Å². The second kappa shape index (κ2) is 10.7. The molecule has 0 unspecified atom stereocenters. The predicted molar refractivity (Wildman–Crippen MR) is 137 cm³/mol. The molecule has 1 N–H and O–H groups in total. The van der Waals surface area contributed by atoms with Crippen LogP contribution in [0.3, 0.4) is 0 Å². The monoisotopic (exact) mass is 466 g/mol. The molecular formula is C29H26N2O4. The second-order valence-electron chi connectivity index (χ2n) is 8.28. The Morgan fingerprint density at radius 3 is 2.43 bits per heavy atom. The van der Waals surface area contributed by atoms with Crippen LogP contribution in [0.2, 0.25) is 0 Å². The lowest BCUT2D eigenvalue weighted by molar-refractivity contribution is -0.123. The van der Waals surface area contributed by atoms with Gasteiger partial charge in [0.1, 0.15) is 11.5 Å². The minimum atomic E-state index is -0.472. The molecule has 4 aromatic carbocycles. The fourth-order valence-electron chi connectivity index (χ4n) is 3.50. The topological polar surface area (TPSA) is 77.0 Å². The van der Waals surface area contributed by atoms with Gasteiger partial charge in [0.25, 0.3) is 5.91 Å². The number of nitrogens with zero attached hydrogens (tertiary/aromatic N) is 1. The molecule has 0 radical (unpaired) electrons. The highest BCUT2D eigenvalue weighted by molar-refractivity contribution is 6.04. The van der Waals surface area contributed by atoms with Gasteiger partial charge in [0.05, 0.1) is 11.8 Å². The first kappa shape index (κ1) is 23.7. The van der Waals surface area contributed by atoms with Gasteiger partial charge in [-0.1, -0.05) is 54.1 Å². The first-order chi connectivity index (χ1) is 16.9. The van der Waals surface area contributed by atoms with Gasteiger partial charge in [0, 0.05) is 5.56 Å². The zero-order valence-corrected chi connectivity index (χ0v) is 19.9. The van der Waals surface area contributed by atoms with Crippen LogP contribution in [0.5, 0.6) is 11.5 Å². The van der Waals surface area contributed by atoms with Gasteiger partial charge in [-0.3, -0.25) is 4.79 Å². The average molecular weight is 467 g/mol. The van der Waals surface area contributed by atoms with Crippen LogP contribution < -0.4 is 14.9 Å². The van der Waals surface area contributed by atoms with Crippen molar-refractivity contribution in [2.75, 3.05) is 6.61 Å². The average Bonchev–Trinajstić information content (AvgIpc) is 2.86. The lowest BCUT2D eigenvalue weighted by Crippen LogP contribution is -2.24. The zero-order valence-electron chi connectivity index (χ0n) is 19.9. The van der Waals surface area contributed by atoms with E-state index in [9.17, 15) is 9.59 Å². The second-order valence-corrected chi connectivity index (χ2v) is 8.28. The third-order valence-electron chi connectivity index (χ3n) is 5.65. The summed E-state index contributed by atoms with van der Waals surface area (Å²) >= 11 is 0. The van der Waals surface area contributed by atoms with Crippen molar-refractivity contribution < 1.29 is 19.1 Å².